The van der Waals surface area contributed by atoms with Crippen molar-refractivity contribution in [3.05, 3.63) is 63.4 Å². The third-order valence-electron chi connectivity index (χ3n) is 6.37. The fraction of sp³-hybridized carbons (Fsp3) is 0.480. The zero-order chi connectivity index (χ0) is 23.2. The summed E-state index contributed by atoms with van der Waals surface area (Å²) in [5.74, 6) is 0.142. The number of carbonyl (C=O) groups is 2. The topological polar surface area (TPSA) is 74.8 Å². The third-order valence-corrected chi connectivity index (χ3v) is 6.86. The number of hydrogen-bond donors (Lipinski definition) is 1. The van der Waals surface area contributed by atoms with Crippen LogP contribution >= 0.6 is 15.9 Å². The van der Waals surface area contributed by atoms with Gasteiger partial charge in [-0.15, -0.1) is 0 Å². The summed E-state index contributed by atoms with van der Waals surface area (Å²) < 4.78 is 6.28. The number of halogens is 1. The van der Waals surface area contributed by atoms with Gasteiger partial charge in [0.05, 0.1) is 24.5 Å². The monoisotopic (exact) mass is 514 g/mol. The number of pyridine rings is 1. The van der Waals surface area contributed by atoms with Gasteiger partial charge in [-0.2, -0.15) is 0 Å². The second-order valence-electron chi connectivity index (χ2n) is 8.67. The van der Waals surface area contributed by atoms with Crippen molar-refractivity contribution >= 4 is 27.7 Å². The molecule has 0 saturated carbocycles. The van der Waals surface area contributed by atoms with Crippen LogP contribution in [0.1, 0.15) is 50.9 Å². The molecule has 7 nitrogen and oxygen atoms in total. The Labute approximate surface area is 203 Å². The number of aromatic nitrogens is 1. The summed E-state index contributed by atoms with van der Waals surface area (Å²) in [6, 6.07) is 11.3. The van der Waals surface area contributed by atoms with Crippen LogP contribution < -0.4 is 5.32 Å². The molecule has 0 atom stereocenters. The van der Waals surface area contributed by atoms with Crippen LogP contribution in [0.4, 0.5) is 0 Å². The van der Waals surface area contributed by atoms with E-state index in [2.05, 4.69) is 26.1 Å². The van der Waals surface area contributed by atoms with Crippen molar-refractivity contribution < 1.29 is 14.3 Å². The molecule has 0 bridgehead atoms. The molecule has 0 radical (unpaired) electrons. The summed E-state index contributed by atoms with van der Waals surface area (Å²) >= 11 is 3.44. The number of nitrogens with zero attached hydrogens (tertiary/aromatic N) is 3. The Morgan fingerprint density at radius 1 is 1.12 bits per heavy atom. The molecule has 0 spiro atoms. The number of piperidine rings is 1. The number of morpholine rings is 1. The van der Waals surface area contributed by atoms with Crippen molar-refractivity contribution in [1.82, 2.24) is 20.1 Å². The quantitative estimate of drug-likeness (QED) is 0.640. The highest BCUT2D eigenvalue weighted by Gasteiger charge is 2.28. The maximum absolute atomic E-state index is 13.0. The number of benzene rings is 1. The van der Waals surface area contributed by atoms with E-state index in [9.17, 15) is 9.59 Å². The van der Waals surface area contributed by atoms with Crippen molar-refractivity contribution in [1.29, 1.82) is 0 Å². The molecule has 2 fully saturated rings. The van der Waals surface area contributed by atoms with Crippen molar-refractivity contribution in [2.75, 3.05) is 52.5 Å². The molecule has 0 aliphatic carbocycles. The van der Waals surface area contributed by atoms with Gasteiger partial charge in [0.1, 0.15) is 0 Å². The van der Waals surface area contributed by atoms with E-state index in [1.54, 1.807) is 0 Å². The smallest absolute Gasteiger partial charge is 0.253 e. The minimum absolute atomic E-state index is 0.0491. The van der Waals surface area contributed by atoms with Gasteiger partial charge in [0, 0.05) is 60.9 Å². The lowest BCUT2D eigenvalue weighted by atomic mass is 9.89. The van der Waals surface area contributed by atoms with Crippen LogP contribution in [0.2, 0.25) is 0 Å². The standard InChI is InChI=1S/C25H31BrN4O3/c1-18-5-6-22(24(31)27-9-12-29-13-15-33-16-14-29)23(28-18)19-7-10-30(11-8-19)25(32)20-3-2-4-21(26)17-20/h2-6,17,19H,7-16H2,1H3,(H,27,31). The number of nitrogens with one attached hydrogen (secondary N) is 1. The number of carbonyl (C=O) groups excluding carboxylic acids is 2. The first-order chi connectivity index (χ1) is 16.0. The highest BCUT2D eigenvalue weighted by atomic mass is 79.9. The Kier molecular flexibility index (Phi) is 8.11. The third kappa shape index (κ3) is 6.19. The first-order valence-electron chi connectivity index (χ1n) is 11.6. The van der Waals surface area contributed by atoms with E-state index in [0.29, 0.717) is 30.8 Å². The summed E-state index contributed by atoms with van der Waals surface area (Å²) in [4.78, 5) is 34.8. The lowest BCUT2D eigenvalue weighted by molar-refractivity contribution is 0.0383. The molecule has 1 aromatic heterocycles. The summed E-state index contributed by atoms with van der Waals surface area (Å²) in [6.45, 7) is 8.01. The molecule has 2 aliphatic heterocycles. The molecule has 2 saturated heterocycles. The minimum atomic E-state index is -0.0709. The van der Waals surface area contributed by atoms with Crippen LogP contribution in [0.15, 0.2) is 40.9 Å². The van der Waals surface area contributed by atoms with Crippen LogP contribution in [-0.2, 0) is 4.74 Å². The molecule has 2 amide bonds. The maximum Gasteiger partial charge on any atom is 0.253 e. The predicted molar refractivity (Wildman–Crippen MR) is 131 cm³/mol. The Balaban J connectivity index is 1.37. The Morgan fingerprint density at radius 3 is 2.61 bits per heavy atom. The second kappa shape index (κ2) is 11.2. The van der Waals surface area contributed by atoms with Gasteiger partial charge in [0.25, 0.3) is 11.8 Å². The van der Waals surface area contributed by atoms with Gasteiger partial charge in [-0.3, -0.25) is 19.5 Å². The molecule has 3 heterocycles. The molecule has 2 aromatic rings. The molecular formula is C25H31BrN4O3. The van der Waals surface area contributed by atoms with Crippen molar-refractivity contribution in [2.45, 2.75) is 25.7 Å². The number of likely N-dealkylation sites (tertiary alicyclic amines) is 1. The summed E-state index contributed by atoms with van der Waals surface area (Å²) in [5.41, 5.74) is 3.10. The summed E-state index contributed by atoms with van der Waals surface area (Å²) in [5, 5.41) is 3.07. The van der Waals surface area contributed by atoms with E-state index in [-0.39, 0.29) is 17.7 Å². The fourth-order valence-electron chi connectivity index (χ4n) is 4.49. The zero-order valence-corrected chi connectivity index (χ0v) is 20.6. The summed E-state index contributed by atoms with van der Waals surface area (Å²) in [6.07, 6.45) is 1.59. The van der Waals surface area contributed by atoms with Crippen LogP contribution in [-0.4, -0.2) is 79.1 Å². The van der Waals surface area contributed by atoms with Gasteiger partial charge >= 0.3 is 0 Å². The van der Waals surface area contributed by atoms with E-state index in [0.717, 1.165) is 61.6 Å². The first kappa shape index (κ1) is 23.9. The number of ether oxygens (including phenoxy) is 1. The molecule has 176 valence electrons. The largest absolute Gasteiger partial charge is 0.379 e. The van der Waals surface area contributed by atoms with Crippen LogP contribution in [0.25, 0.3) is 0 Å². The van der Waals surface area contributed by atoms with Crippen LogP contribution in [0.3, 0.4) is 0 Å². The van der Waals surface area contributed by atoms with Crippen molar-refractivity contribution in [2.24, 2.45) is 0 Å². The van der Waals surface area contributed by atoms with Gasteiger partial charge in [-0.05, 0) is 50.1 Å². The molecule has 33 heavy (non-hydrogen) atoms. The zero-order valence-electron chi connectivity index (χ0n) is 19.1. The van der Waals surface area contributed by atoms with Gasteiger partial charge in [0.15, 0.2) is 0 Å². The number of aryl methyl sites for hydroxylation is 1. The number of hydrogen-bond acceptors (Lipinski definition) is 5. The summed E-state index contributed by atoms with van der Waals surface area (Å²) in [7, 11) is 0. The molecule has 2 aliphatic rings. The Hall–Kier alpha value is -2.29. The van der Waals surface area contributed by atoms with E-state index in [1.165, 1.54) is 0 Å². The maximum atomic E-state index is 13.0. The Morgan fingerprint density at radius 2 is 1.88 bits per heavy atom. The van der Waals surface area contributed by atoms with Crippen LogP contribution in [0, 0.1) is 6.92 Å². The van der Waals surface area contributed by atoms with Gasteiger partial charge in [-0.1, -0.05) is 22.0 Å². The molecule has 0 unspecified atom stereocenters. The lowest BCUT2D eigenvalue weighted by Crippen LogP contribution is -2.41. The molecule has 4 rings (SSSR count). The van der Waals surface area contributed by atoms with Crippen molar-refractivity contribution in [3.8, 4) is 0 Å². The first-order valence-corrected chi connectivity index (χ1v) is 12.4. The molecule has 8 heteroatoms. The van der Waals surface area contributed by atoms with Gasteiger partial charge < -0.3 is 15.0 Å². The highest BCUT2D eigenvalue weighted by molar-refractivity contribution is 9.10. The second-order valence-corrected chi connectivity index (χ2v) is 9.59. The number of rotatable bonds is 6. The highest BCUT2D eigenvalue weighted by Crippen LogP contribution is 2.30. The molecular weight excluding hydrogens is 484 g/mol. The normalized spacial score (nSPS) is 17.7. The average molecular weight is 515 g/mol. The molecule has 1 N–H and O–H groups in total. The van der Waals surface area contributed by atoms with E-state index >= 15 is 0 Å². The lowest BCUT2D eigenvalue weighted by Gasteiger charge is -2.32. The van der Waals surface area contributed by atoms with E-state index in [4.69, 9.17) is 9.72 Å². The van der Waals surface area contributed by atoms with Gasteiger partial charge in [0.2, 0.25) is 0 Å². The van der Waals surface area contributed by atoms with E-state index in [1.807, 2.05) is 48.2 Å². The molecule has 1 aromatic carbocycles. The van der Waals surface area contributed by atoms with Crippen LogP contribution in [0.5, 0.6) is 0 Å². The number of amides is 2. The van der Waals surface area contributed by atoms with Gasteiger partial charge in [-0.25, -0.2) is 0 Å². The average Bonchev–Trinajstić information content (AvgIpc) is 2.84. The van der Waals surface area contributed by atoms with Crippen molar-refractivity contribution in [3.63, 3.8) is 0 Å². The predicted octanol–water partition coefficient (Wildman–Crippen LogP) is 3.23. The SMILES string of the molecule is Cc1ccc(C(=O)NCCN2CCOCC2)c(C2CCN(C(=O)c3cccc(Br)c3)CC2)n1. The van der Waals surface area contributed by atoms with E-state index < -0.39 is 0 Å². The Bertz CT molecular complexity index is 985. The fourth-order valence-corrected chi connectivity index (χ4v) is 4.89. The minimum Gasteiger partial charge on any atom is -0.379 e.